The molecule has 0 bridgehead atoms. The Hall–Kier alpha value is -3.52. The predicted molar refractivity (Wildman–Crippen MR) is 112 cm³/mol. The van der Waals surface area contributed by atoms with E-state index in [-0.39, 0.29) is 11.8 Å². The van der Waals surface area contributed by atoms with Gasteiger partial charge in [0.15, 0.2) is 0 Å². The number of amides is 2. The summed E-state index contributed by atoms with van der Waals surface area (Å²) in [5.74, 6) is 0.198. The highest BCUT2D eigenvalue weighted by molar-refractivity contribution is 7.12. The second kappa shape index (κ2) is 8.45. The second-order valence-corrected chi connectivity index (χ2v) is 6.89. The molecule has 0 saturated carbocycles. The molecule has 0 saturated heterocycles. The maximum atomic E-state index is 12.5. The van der Waals surface area contributed by atoms with Crippen LogP contribution in [0.2, 0.25) is 0 Å². The monoisotopic (exact) mass is 393 g/mol. The van der Waals surface area contributed by atoms with Crippen LogP contribution in [-0.4, -0.2) is 29.7 Å². The minimum atomic E-state index is -0.330. The maximum absolute atomic E-state index is 12.5. The summed E-state index contributed by atoms with van der Waals surface area (Å²) in [6.45, 7) is 1.92. The SMILES string of the molecule is CN=C(N)c1ccc(C(=O)Nc2ccsc2C(=O)Nc2ccc(C)cn2)cc1. The number of rotatable bonds is 5. The van der Waals surface area contributed by atoms with Crippen molar-refractivity contribution < 1.29 is 9.59 Å². The zero-order valence-electron chi connectivity index (χ0n) is 15.4. The minimum absolute atomic E-state index is 0.320. The van der Waals surface area contributed by atoms with Gasteiger partial charge in [0, 0.05) is 24.4 Å². The molecule has 7 nitrogen and oxygen atoms in total. The number of thiophene rings is 1. The number of carbonyl (C=O) groups is 2. The molecule has 0 radical (unpaired) electrons. The van der Waals surface area contributed by atoms with Crippen molar-refractivity contribution in [1.82, 2.24) is 4.98 Å². The standard InChI is InChI=1S/C20H19N5O2S/c1-12-3-8-16(23-11-12)25-20(27)17-15(9-10-28-17)24-19(26)14-6-4-13(5-7-14)18(21)22-2/h3-11H,1-2H3,(H2,21,22)(H,24,26)(H,23,25,27). The van der Waals surface area contributed by atoms with Gasteiger partial charge >= 0.3 is 0 Å². The average molecular weight is 393 g/mol. The molecule has 2 amide bonds. The van der Waals surface area contributed by atoms with E-state index in [0.717, 1.165) is 11.1 Å². The van der Waals surface area contributed by atoms with Gasteiger partial charge in [-0.05, 0) is 42.1 Å². The first kappa shape index (κ1) is 19.2. The number of hydrogen-bond acceptors (Lipinski definition) is 5. The fourth-order valence-corrected chi connectivity index (χ4v) is 3.16. The molecule has 0 fully saturated rings. The summed E-state index contributed by atoms with van der Waals surface area (Å²) in [5, 5.41) is 7.25. The maximum Gasteiger partial charge on any atom is 0.269 e. The lowest BCUT2D eigenvalue weighted by atomic mass is 10.1. The Labute approximate surface area is 166 Å². The number of aliphatic imine (C=N–C) groups is 1. The van der Waals surface area contributed by atoms with Gasteiger partial charge in [-0.2, -0.15) is 0 Å². The van der Waals surface area contributed by atoms with Gasteiger partial charge in [0.25, 0.3) is 11.8 Å². The van der Waals surface area contributed by atoms with Gasteiger partial charge in [-0.15, -0.1) is 11.3 Å². The lowest BCUT2D eigenvalue weighted by Gasteiger charge is -2.08. The van der Waals surface area contributed by atoms with Gasteiger partial charge in [-0.1, -0.05) is 18.2 Å². The van der Waals surface area contributed by atoms with Gasteiger partial charge in [-0.25, -0.2) is 4.98 Å². The first-order valence-corrected chi connectivity index (χ1v) is 9.31. The smallest absolute Gasteiger partial charge is 0.269 e. The molecule has 0 unspecified atom stereocenters. The van der Waals surface area contributed by atoms with Crippen molar-refractivity contribution in [1.29, 1.82) is 0 Å². The normalized spacial score (nSPS) is 11.1. The van der Waals surface area contributed by atoms with Gasteiger partial charge < -0.3 is 16.4 Å². The third-order valence-corrected chi connectivity index (χ3v) is 4.87. The Morgan fingerprint density at radius 3 is 2.36 bits per heavy atom. The number of pyridine rings is 1. The molecule has 0 spiro atoms. The molecule has 1 aromatic carbocycles. The van der Waals surface area contributed by atoms with E-state index < -0.39 is 0 Å². The number of amidine groups is 1. The number of nitrogens with zero attached hydrogens (tertiary/aromatic N) is 2. The third-order valence-electron chi connectivity index (χ3n) is 3.96. The Kier molecular flexibility index (Phi) is 5.81. The van der Waals surface area contributed by atoms with Crippen molar-refractivity contribution >= 4 is 40.5 Å². The zero-order chi connectivity index (χ0) is 20.1. The molecule has 0 atom stereocenters. The van der Waals surface area contributed by atoms with Crippen molar-refractivity contribution in [2.75, 3.05) is 17.7 Å². The van der Waals surface area contributed by atoms with E-state index in [0.29, 0.717) is 27.8 Å². The van der Waals surface area contributed by atoms with Crippen LogP contribution in [0.15, 0.2) is 59.0 Å². The van der Waals surface area contributed by atoms with Crippen molar-refractivity contribution in [3.8, 4) is 0 Å². The Morgan fingerprint density at radius 2 is 1.71 bits per heavy atom. The largest absolute Gasteiger partial charge is 0.384 e. The van der Waals surface area contributed by atoms with Crippen LogP contribution < -0.4 is 16.4 Å². The van der Waals surface area contributed by atoms with Crippen LogP contribution in [0, 0.1) is 6.92 Å². The minimum Gasteiger partial charge on any atom is -0.384 e. The number of nitrogens with two attached hydrogens (primary N) is 1. The van der Waals surface area contributed by atoms with Crippen LogP contribution in [0.4, 0.5) is 11.5 Å². The lowest BCUT2D eigenvalue weighted by molar-refractivity contribution is 0.102. The summed E-state index contributed by atoms with van der Waals surface area (Å²) in [5.41, 5.74) is 8.38. The van der Waals surface area contributed by atoms with Crippen LogP contribution in [-0.2, 0) is 0 Å². The Bertz CT molecular complexity index is 1020. The number of benzene rings is 1. The first-order valence-electron chi connectivity index (χ1n) is 8.43. The van der Waals surface area contributed by atoms with Gasteiger partial charge in [0.1, 0.15) is 16.5 Å². The van der Waals surface area contributed by atoms with E-state index in [4.69, 9.17) is 5.73 Å². The van der Waals surface area contributed by atoms with E-state index >= 15 is 0 Å². The molecule has 3 rings (SSSR count). The fraction of sp³-hybridized carbons (Fsp3) is 0.100. The van der Waals surface area contributed by atoms with E-state index in [2.05, 4.69) is 20.6 Å². The molecule has 3 aromatic rings. The molecule has 0 aliphatic rings. The third kappa shape index (κ3) is 4.41. The lowest BCUT2D eigenvalue weighted by Crippen LogP contribution is -2.17. The number of nitrogens with one attached hydrogen (secondary N) is 2. The van der Waals surface area contributed by atoms with Crippen LogP contribution in [0.25, 0.3) is 0 Å². The number of aryl methyl sites for hydroxylation is 1. The highest BCUT2D eigenvalue weighted by Gasteiger charge is 2.17. The van der Waals surface area contributed by atoms with Crippen LogP contribution in [0.5, 0.6) is 0 Å². The van der Waals surface area contributed by atoms with E-state index in [1.54, 1.807) is 55.0 Å². The number of hydrogen-bond donors (Lipinski definition) is 3. The summed E-state index contributed by atoms with van der Waals surface area (Å²) < 4.78 is 0. The molecule has 142 valence electrons. The van der Waals surface area contributed by atoms with Gasteiger partial charge in [0.05, 0.1) is 5.69 Å². The summed E-state index contributed by atoms with van der Waals surface area (Å²) in [7, 11) is 1.60. The number of carbonyl (C=O) groups excluding carboxylic acids is 2. The summed E-state index contributed by atoms with van der Waals surface area (Å²) in [6.07, 6.45) is 1.67. The second-order valence-electron chi connectivity index (χ2n) is 5.98. The zero-order valence-corrected chi connectivity index (χ0v) is 16.2. The van der Waals surface area contributed by atoms with E-state index in [9.17, 15) is 9.59 Å². The summed E-state index contributed by atoms with van der Waals surface area (Å²) in [4.78, 5) is 33.5. The average Bonchev–Trinajstić information content (AvgIpc) is 3.17. The number of anilines is 2. The quantitative estimate of drug-likeness (QED) is 0.456. The Morgan fingerprint density at radius 1 is 1.00 bits per heavy atom. The molecule has 2 heterocycles. The van der Waals surface area contributed by atoms with Crippen molar-refractivity contribution in [2.24, 2.45) is 10.7 Å². The van der Waals surface area contributed by atoms with Gasteiger partial charge in [0.2, 0.25) is 0 Å². The van der Waals surface area contributed by atoms with Crippen molar-refractivity contribution in [3.63, 3.8) is 0 Å². The molecule has 0 aliphatic heterocycles. The molecule has 0 aliphatic carbocycles. The molecule has 28 heavy (non-hydrogen) atoms. The predicted octanol–water partition coefficient (Wildman–Crippen LogP) is 3.29. The van der Waals surface area contributed by atoms with Crippen molar-refractivity contribution in [2.45, 2.75) is 6.92 Å². The number of aromatic nitrogens is 1. The molecule has 2 aromatic heterocycles. The van der Waals surface area contributed by atoms with Crippen LogP contribution >= 0.6 is 11.3 Å². The highest BCUT2D eigenvalue weighted by Crippen LogP contribution is 2.24. The summed E-state index contributed by atoms with van der Waals surface area (Å²) >= 11 is 1.24. The van der Waals surface area contributed by atoms with Gasteiger partial charge in [-0.3, -0.25) is 14.6 Å². The molecular weight excluding hydrogens is 374 g/mol. The van der Waals surface area contributed by atoms with Crippen LogP contribution in [0.1, 0.15) is 31.2 Å². The molecular formula is C20H19N5O2S. The topological polar surface area (TPSA) is 109 Å². The molecule has 4 N–H and O–H groups in total. The van der Waals surface area contributed by atoms with E-state index in [1.807, 2.05) is 13.0 Å². The first-order chi connectivity index (χ1) is 13.5. The van der Waals surface area contributed by atoms with Crippen molar-refractivity contribution in [3.05, 3.63) is 75.6 Å². The van der Waals surface area contributed by atoms with Crippen LogP contribution in [0.3, 0.4) is 0 Å². The van der Waals surface area contributed by atoms with E-state index in [1.165, 1.54) is 11.3 Å². The highest BCUT2D eigenvalue weighted by atomic mass is 32.1. The fourth-order valence-electron chi connectivity index (χ4n) is 2.41. The molecule has 8 heteroatoms. The summed E-state index contributed by atoms with van der Waals surface area (Å²) in [6, 6.07) is 12.0. The Balaban J connectivity index is 1.71.